The molecule has 2 rings (SSSR count). The van der Waals surface area contributed by atoms with Crippen molar-refractivity contribution in [3.63, 3.8) is 0 Å². The van der Waals surface area contributed by atoms with Gasteiger partial charge in [0.1, 0.15) is 0 Å². The SMILES string of the molecule is CN(C)[C@@H]1CCC=C(c2ccc(C(F)(F)F)cc2)C1. The Morgan fingerprint density at radius 3 is 2.26 bits per heavy atom. The third-order valence-corrected chi connectivity index (χ3v) is 3.66. The maximum Gasteiger partial charge on any atom is 0.416 e. The van der Waals surface area contributed by atoms with Crippen molar-refractivity contribution in [2.75, 3.05) is 14.1 Å². The summed E-state index contributed by atoms with van der Waals surface area (Å²) in [5.74, 6) is 0. The van der Waals surface area contributed by atoms with Gasteiger partial charge in [-0.15, -0.1) is 0 Å². The van der Waals surface area contributed by atoms with Crippen molar-refractivity contribution < 1.29 is 13.2 Å². The van der Waals surface area contributed by atoms with Crippen LogP contribution in [0.3, 0.4) is 0 Å². The summed E-state index contributed by atoms with van der Waals surface area (Å²) < 4.78 is 37.5. The standard InChI is InChI=1S/C15H18F3N/c1-19(2)14-5-3-4-12(10-14)11-6-8-13(9-7-11)15(16,17)18/h4,6-9,14H,3,5,10H2,1-2H3/t14-/m1/s1. The zero-order chi connectivity index (χ0) is 14.0. The number of hydrogen-bond donors (Lipinski definition) is 0. The molecular formula is C15H18F3N. The predicted octanol–water partition coefficient (Wildman–Crippen LogP) is 4.20. The summed E-state index contributed by atoms with van der Waals surface area (Å²) in [5, 5.41) is 0. The summed E-state index contributed by atoms with van der Waals surface area (Å²) in [6.45, 7) is 0. The second kappa shape index (κ2) is 5.37. The number of nitrogens with zero attached hydrogens (tertiary/aromatic N) is 1. The molecule has 0 saturated carbocycles. The third kappa shape index (κ3) is 3.38. The average molecular weight is 269 g/mol. The highest BCUT2D eigenvalue weighted by Crippen LogP contribution is 2.32. The van der Waals surface area contributed by atoms with Gasteiger partial charge in [0, 0.05) is 6.04 Å². The van der Waals surface area contributed by atoms with E-state index in [0.717, 1.165) is 42.5 Å². The summed E-state index contributed by atoms with van der Waals surface area (Å²) in [6, 6.07) is 5.95. The second-order valence-electron chi connectivity index (χ2n) is 5.20. The normalized spacial score (nSPS) is 20.5. The molecule has 104 valence electrons. The van der Waals surface area contributed by atoms with Crippen LogP contribution < -0.4 is 0 Å². The van der Waals surface area contributed by atoms with Gasteiger partial charge in [0.25, 0.3) is 0 Å². The Balaban J connectivity index is 2.17. The van der Waals surface area contributed by atoms with Crippen molar-refractivity contribution in [2.45, 2.75) is 31.5 Å². The lowest BCUT2D eigenvalue weighted by atomic mass is 9.89. The number of allylic oxidation sites excluding steroid dienone is 1. The van der Waals surface area contributed by atoms with Gasteiger partial charge in [0.05, 0.1) is 5.56 Å². The largest absolute Gasteiger partial charge is 0.416 e. The fraction of sp³-hybridized carbons (Fsp3) is 0.467. The summed E-state index contributed by atoms with van der Waals surface area (Å²) >= 11 is 0. The quantitative estimate of drug-likeness (QED) is 0.777. The van der Waals surface area contributed by atoms with Gasteiger partial charge < -0.3 is 4.90 Å². The molecule has 0 saturated heterocycles. The van der Waals surface area contributed by atoms with Crippen molar-refractivity contribution in [2.24, 2.45) is 0 Å². The highest BCUT2D eigenvalue weighted by Gasteiger charge is 2.30. The van der Waals surface area contributed by atoms with E-state index >= 15 is 0 Å². The van der Waals surface area contributed by atoms with Gasteiger partial charge in [-0.2, -0.15) is 13.2 Å². The van der Waals surface area contributed by atoms with Crippen LogP contribution in [0.4, 0.5) is 13.2 Å². The van der Waals surface area contributed by atoms with E-state index in [1.54, 1.807) is 12.1 Å². The van der Waals surface area contributed by atoms with Gasteiger partial charge in [-0.1, -0.05) is 18.2 Å². The molecule has 1 aromatic carbocycles. The van der Waals surface area contributed by atoms with Gasteiger partial charge in [-0.3, -0.25) is 0 Å². The number of benzene rings is 1. The minimum absolute atomic E-state index is 0.474. The van der Waals surface area contributed by atoms with Crippen LogP contribution in [-0.2, 0) is 6.18 Å². The van der Waals surface area contributed by atoms with Crippen molar-refractivity contribution in [3.8, 4) is 0 Å². The smallest absolute Gasteiger partial charge is 0.306 e. The number of alkyl halides is 3. The average Bonchev–Trinajstić information content (AvgIpc) is 2.38. The molecule has 0 radical (unpaired) electrons. The van der Waals surface area contributed by atoms with Crippen molar-refractivity contribution in [3.05, 3.63) is 41.5 Å². The molecule has 1 aliphatic rings. The van der Waals surface area contributed by atoms with Gasteiger partial charge in [-0.05, 0) is 56.6 Å². The zero-order valence-corrected chi connectivity index (χ0v) is 11.2. The Bertz CT molecular complexity index is 457. The number of rotatable bonds is 2. The lowest BCUT2D eigenvalue weighted by molar-refractivity contribution is -0.137. The van der Waals surface area contributed by atoms with Gasteiger partial charge in [-0.25, -0.2) is 0 Å². The van der Waals surface area contributed by atoms with Crippen LogP contribution in [-0.4, -0.2) is 25.0 Å². The molecule has 0 N–H and O–H groups in total. The van der Waals surface area contributed by atoms with E-state index in [9.17, 15) is 13.2 Å². The molecule has 19 heavy (non-hydrogen) atoms. The minimum Gasteiger partial charge on any atom is -0.306 e. The van der Waals surface area contributed by atoms with E-state index in [-0.39, 0.29) is 0 Å². The maximum atomic E-state index is 12.5. The minimum atomic E-state index is -4.26. The van der Waals surface area contributed by atoms with E-state index in [0.29, 0.717) is 6.04 Å². The van der Waals surface area contributed by atoms with E-state index < -0.39 is 11.7 Å². The molecule has 0 aliphatic heterocycles. The molecule has 0 amide bonds. The Morgan fingerprint density at radius 1 is 1.11 bits per heavy atom. The first-order chi connectivity index (χ1) is 8.88. The van der Waals surface area contributed by atoms with E-state index in [1.807, 2.05) is 14.1 Å². The Labute approximate surface area is 111 Å². The van der Waals surface area contributed by atoms with Crippen LogP contribution in [0.15, 0.2) is 30.3 Å². The second-order valence-corrected chi connectivity index (χ2v) is 5.20. The molecule has 0 fully saturated rings. The van der Waals surface area contributed by atoms with Gasteiger partial charge >= 0.3 is 6.18 Å². The Kier molecular flexibility index (Phi) is 3.99. The molecule has 0 spiro atoms. The van der Waals surface area contributed by atoms with Gasteiger partial charge in [0.15, 0.2) is 0 Å². The molecule has 0 bridgehead atoms. The Hall–Kier alpha value is -1.29. The maximum absolute atomic E-state index is 12.5. The highest BCUT2D eigenvalue weighted by molar-refractivity contribution is 5.67. The first kappa shape index (κ1) is 14.1. The summed E-state index contributed by atoms with van der Waals surface area (Å²) in [7, 11) is 4.08. The van der Waals surface area contributed by atoms with Crippen molar-refractivity contribution in [1.82, 2.24) is 4.90 Å². The fourth-order valence-electron chi connectivity index (χ4n) is 2.44. The van der Waals surface area contributed by atoms with Crippen LogP contribution in [0.25, 0.3) is 5.57 Å². The number of halogens is 3. The van der Waals surface area contributed by atoms with Crippen molar-refractivity contribution in [1.29, 1.82) is 0 Å². The topological polar surface area (TPSA) is 3.24 Å². The summed E-state index contributed by atoms with van der Waals surface area (Å²) in [4.78, 5) is 2.18. The lowest BCUT2D eigenvalue weighted by Gasteiger charge is -2.28. The first-order valence-corrected chi connectivity index (χ1v) is 6.41. The molecule has 0 heterocycles. The third-order valence-electron chi connectivity index (χ3n) is 3.66. The highest BCUT2D eigenvalue weighted by atomic mass is 19.4. The van der Waals surface area contributed by atoms with Crippen molar-refractivity contribution >= 4 is 5.57 Å². The molecule has 1 aromatic rings. The summed E-state index contributed by atoms with van der Waals surface area (Å²) in [5.41, 5.74) is 1.47. The molecule has 4 heteroatoms. The molecule has 1 aliphatic carbocycles. The zero-order valence-electron chi connectivity index (χ0n) is 11.2. The van der Waals surface area contributed by atoms with Crippen LogP contribution in [0.1, 0.15) is 30.4 Å². The van der Waals surface area contributed by atoms with E-state index in [2.05, 4.69) is 11.0 Å². The van der Waals surface area contributed by atoms with Crippen LogP contribution in [0.5, 0.6) is 0 Å². The molecular weight excluding hydrogens is 251 g/mol. The molecule has 1 nitrogen and oxygen atoms in total. The Morgan fingerprint density at radius 2 is 1.74 bits per heavy atom. The first-order valence-electron chi connectivity index (χ1n) is 6.41. The summed E-state index contributed by atoms with van der Waals surface area (Å²) in [6.07, 6.45) is 0.878. The lowest BCUT2D eigenvalue weighted by Crippen LogP contribution is -2.29. The fourth-order valence-corrected chi connectivity index (χ4v) is 2.44. The van der Waals surface area contributed by atoms with Gasteiger partial charge in [0.2, 0.25) is 0 Å². The monoisotopic (exact) mass is 269 g/mol. The molecule has 0 aromatic heterocycles. The van der Waals surface area contributed by atoms with E-state index in [4.69, 9.17) is 0 Å². The number of hydrogen-bond acceptors (Lipinski definition) is 1. The van der Waals surface area contributed by atoms with Crippen LogP contribution in [0.2, 0.25) is 0 Å². The van der Waals surface area contributed by atoms with Crippen LogP contribution >= 0.6 is 0 Å². The molecule has 1 atom stereocenters. The molecule has 0 unspecified atom stereocenters. The predicted molar refractivity (Wildman–Crippen MR) is 70.7 cm³/mol. The van der Waals surface area contributed by atoms with Crippen LogP contribution in [0, 0.1) is 0 Å². The van der Waals surface area contributed by atoms with E-state index in [1.165, 1.54) is 0 Å².